The summed E-state index contributed by atoms with van der Waals surface area (Å²) in [5.74, 6) is -1.28. The van der Waals surface area contributed by atoms with Crippen molar-refractivity contribution in [3.8, 4) is 0 Å². The molecule has 0 spiro atoms. The van der Waals surface area contributed by atoms with Gasteiger partial charge in [0.1, 0.15) is 12.4 Å². The highest BCUT2D eigenvalue weighted by molar-refractivity contribution is 7.92. The number of para-hydroxylation sites is 2. The number of anilines is 2. The van der Waals surface area contributed by atoms with Gasteiger partial charge in [0.25, 0.3) is 10.0 Å². The molecule has 5 nitrogen and oxygen atoms in total. The maximum absolute atomic E-state index is 14.6. The molecule has 0 saturated heterocycles. The van der Waals surface area contributed by atoms with Crippen LogP contribution >= 0.6 is 0 Å². The van der Waals surface area contributed by atoms with E-state index in [9.17, 15) is 17.6 Å². The van der Waals surface area contributed by atoms with E-state index in [1.54, 1.807) is 12.1 Å². The summed E-state index contributed by atoms with van der Waals surface area (Å²) in [7, 11) is -4.17. The second kappa shape index (κ2) is 9.31. The highest BCUT2D eigenvalue weighted by Crippen LogP contribution is 2.27. The maximum Gasteiger partial charge on any atom is 0.264 e. The molecule has 0 aliphatic carbocycles. The Labute approximate surface area is 182 Å². The molecule has 0 heterocycles. The zero-order chi connectivity index (χ0) is 22.6. The third-order valence-electron chi connectivity index (χ3n) is 5.02. The smallest absolute Gasteiger partial charge is 0.264 e. The first-order chi connectivity index (χ1) is 14.7. The Morgan fingerprint density at radius 2 is 1.65 bits per heavy atom. The predicted molar refractivity (Wildman–Crippen MR) is 121 cm³/mol. The van der Waals surface area contributed by atoms with Crippen LogP contribution in [-0.4, -0.2) is 20.9 Å². The minimum atomic E-state index is -4.17. The van der Waals surface area contributed by atoms with Gasteiger partial charge in [0.05, 0.1) is 10.6 Å². The van der Waals surface area contributed by atoms with Crippen LogP contribution in [0, 0.1) is 19.7 Å². The van der Waals surface area contributed by atoms with Gasteiger partial charge < -0.3 is 5.32 Å². The SMILES string of the molecule is CCc1cccc(C)c1NC(=O)CN(c1ccccc1F)S(=O)(=O)c1ccc(C)cc1. The topological polar surface area (TPSA) is 66.5 Å². The van der Waals surface area contributed by atoms with Crippen LogP contribution < -0.4 is 9.62 Å². The Balaban J connectivity index is 1.99. The zero-order valence-corrected chi connectivity index (χ0v) is 18.5. The summed E-state index contributed by atoms with van der Waals surface area (Å²) >= 11 is 0. The zero-order valence-electron chi connectivity index (χ0n) is 17.7. The molecular weight excluding hydrogens is 415 g/mol. The van der Waals surface area contributed by atoms with Crippen LogP contribution in [0.5, 0.6) is 0 Å². The van der Waals surface area contributed by atoms with Crippen molar-refractivity contribution in [3.63, 3.8) is 0 Å². The van der Waals surface area contributed by atoms with E-state index in [4.69, 9.17) is 0 Å². The summed E-state index contributed by atoms with van der Waals surface area (Å²) in [6.07, 6.45) is 0.704. The van der Waals surface area contributed by atoms with Gasteiger partial charge in [-0.25, -0.2) is 12.8 Å². The van der Waals surface area contributed by atoms with Crippen molar-refractivity contribution >= 4 is 27.3 Å². The number of rotatable bonds is 7. The molecular formula is C24H25FN2O3S. The molecule has 0 unspecified atom stereocenters. The second-order valence-corrected chi connectivity index (χ2v) is 9.15. The molecule has 0 aromatic heterocycles. The van der Waals surface area contributed by atoms with Crippen LogP contribution in [0.2, 0.25) is 0 Å². The number of carbonyl (C=O) groups is 1. The normalized spacial score (nSPS) is 11.2. The summed E-state index contributed by atoms with van der Waals surface area (Å²) in [6, 6.07) is 17.4. The Kier molecular flexibility index (Phi) is 6.75. The first kappa shape index (κ1) is 22.5. The summed E-state index contributed by atoms with van der Waals surface area (Å²) < 4.78 is 42.1. The molecule has 0 aliphatic rings. The van der Waals surface area contributed by atoms with Crippen LogP contribution in [0.4, 0.5) is 15.8 Å². The van der Waals surface area contributed by atoms with Gasteiger partial charge in [0.15, 0.2) is 0 Å². The van der Waals surface area contributed by atoms with Crippen LogP contribution in [0.15, 0.2) is 71.6 Å². The summed E-state index contributed by atoms with van der Waals surface area (Å²) in [5, 5.41) is 2.81. The highest BCUT2D eigenvalue weighted by Gasteiger charge is 2.29. The molecule has 1 N–H and O–H groups in total. The molecule has 3 aromatic carbocycles. The molecule has 0 aliphatic heterocycles. The summed E-state index contributed by atoms with van der Waals surface area (Å²) in [6.45, 7) is 5.12. The van der Waals surface area contributed by atoms with Crippen LogP contribution in [0.25, 0.3) is 0 Å². The molecule has 3 aromatic rings. The van der Waals surface area contributed by atoms with Crippen molar-refractivity contribution < 1.29 is 17.6 Å². The lowest BCUT2D eigenvalue weighted by molar-refractivity contribution is -0.114. The van der Waals surface area contributed by atoms with Crippen molar-refractivity contribution in [2.75, 3.05) is 16.2 Å². The molecule has 3 rings (SSSR count). The van der Waals surface area contributed by atoms with Crippen molar-refractivity contribution in [2.24, 2.45) is 0 Å². The number of hydrogen-bond acceptors (Lipinski definition) is 3. The van der Waals surface area contributed by atoms with Crippen molar-refractivity contribution in [1.29, 1.82) is 0 Å². The molecule has 1 amide bonds. The fourth-order valence-corrected chi connectivity index (χ4v) is 4.73. The van der Waals surface area contributed by atoms with Crippen molar-refractivity contribution in [3.05, 3.63) is 89.2 Å². The first-order valence-electron chi connectivity index (χ1n) is 9.96. The van der Waals surface area contributed by atoms with Crippen LogP contribution in [-0.2, 0) is 21.2 Å². The summed E-state index contributed by atoms with van der Waals surface area (Å²) in [5.41, 5.74) is 3.16. The number of halogens is 1. The Hall–Kier alpha value is -3.19. The number of nitrogens with one attached hydrogen (secondary N) is 1. The Bertz CT molecular complexity index is 1190. The number of sulfonamides is 1. The third kappa shape index (κ3) is 4.94. The number of benzene rings is 3. The van der Waals surface area contributed by atoms with Crippen LogP contribution in [0.3, 0.4) is 0 Å². The molecule has 31 heavy (non-hydrogen) atoms. The van der Waals surface area contributed by atoms with Crippen LogP contribution in [0.1, 0.15) is 23.6 Å². The van der Waals surface area contributed by atoms with Gasteiger partial charge in [-0.15, -0.1) is 0 Å². The molecule has 0 atom stereocenters. The minimum Gasteiger partial charge on any atom is -0.324 e. The van der Waals surface area contributed by atoms with Crippen molar-refractivity contribution in [1.82, 2.24) is 0 Å². The number of carbonyl (C=O) groups excluding carboxylic acids is 1. The number of hydrogen-bond donors (Lipinski definition) is 1. The monoisotopic (exact) mass is 440 g/mol. The number of aryl methyl sites for hydroxylation is 3. The molecule has 0 radical (unpaired) electrons. The lowest BCUT2D eigenvalue weighted by atomic mass is 10.1. The fraction of sp³-hybridized carbons (Fsp3) is 0.208. The van der Waals surface area contributed by atoms with E-state index in [1.165, 1.54) is 36.4 Å². The minimum absolute atomic E-state index is 0.0145. The molecule has 7 heteroatoms. The second-order valence-electron chi connectivity index (χ2n) is 7.29. The van der Waals surface area contributed by atoms with E-state index in [0.29, 0.717) is 12.1 Å². The predicted octanol–water partition coefficient (Wildman–Crippen LogP) is 4.84. The van der Waals surface area contributed by atoms with E-state index in [0.717, 1.165) is 21.0 Å². The largest absolute Gasteiger partial charge is 0.324 e. The average Bonchev–Trinajstić information content (AvgIpc) is 2.74. The number of nitrogens with zero attached hydrogens (tertiary/aromatic N) is 1. The molecule has 0 fully saturated rings. The van der Waals surface area contributed by atoms with Gasteiger partial charge in [0, 0.05) is 5.69 Å². The van der Waals surface area contributed by atoms with Crippen molar-refractivity contribution in [2.45, 2.75) is 32.1 Å². The van der Waals surface area contributed by atoms with Gasteiger partial charge in [-0.2, -0.15) is 0 Å². The van der Waals surface area contributed by atoms with E-state index < -0.39 is 28.3 Å². The lowest BCUT2D eigenvalue weighted by Crippen LogP contribution is -2.38. The van der Waals surface area contributed by atoms with E-state index in [2.05, 4.69) is 5.32 Å². The van der Waals surface area contributed by atoms with Gasteiger partial charge in [0.2, 0.25) is 5.91 Å². The first-order valence-corrected chi connectivity index (χ1v) is 11.4. The Morgan fingerprint density at radius 3 is 2.29 bits per heavy atom. The van der Waals surface area contributed by atoms with Gasteiger partial charge >= 0.3 is 0 Å². The van der Waals surface area contributed by atoms with E-state index >= 15 is 0 Å². The average molecular weight is 441 g/mol. The van der Waals surface area contributed by atoms with Gasteiger partial charge in [-0.1, -0.05) is 55.0 Å². The highest BCUT2D eigenvalue weighted by atomic mass is 32.2. The van der Waals surface area contributed by atoms with Gasteiger partial charge in [-0.05, 0) is 55.7 Å². The van der Waals surface area contributed by atoms with E-state index in [-0.39, 0.29) is 10.6 Å². The standard InChI is InChI=1S/C24H25FN2O3S/c1-4-19-9-7-8-18(3)24(19)26-23(28)16-27(22-11-6-5-10-21(22)25)31(29,30)20-14-12-17(2)13-15-20/h5-15H,4,16H2,1-3H3,(H,26,28). The van der Waals surface area contributed by atoms with E-state index in [1.807, 2.05) is 39.0 Å². The fourth-order valence-electron chi connectivity index (χ4n) is 3.30. The molecule has 162 valence electrons. The lowest BCUT2D eigenvalue weighted by Gasteiger charge is -2.25. The Morgan fingerprint density at radius 1 is 0.968 bits per heavy atom. The molecule has 0 bridgehead atoms. The molecule has 0 saturated carbocycles. The maximum atomic E-state index is 14.6. The quantitative estimate of drug-likeness (QED) is 0.572. The number of amides is 1. The third-order valence-corrected chi connectivity index (χ3v) is 6.80. The summed E-state index contributed by atoms with van der Waals surface area (Å²) in [4.78, 5) is 12.9. The van der Waals surface area contributed by atoms with Gasteiger partial charge in [-0.3, -0.25) is 9.10 Å².